The first-order chi connectivity index (χ1) is 10.5. The Kier molecular flexibility index (Phi) is 6.23. The molecule has 22 heavy (non-hydrogen) atoms. The van der Waals surface area contributed by atoms with Gasteiger partial charge in [-0.15, -0.1) is 0 Å². The second kappa shape index (κ2) is 7.94. The molecule has 1 atom stereocenters. The maximum absolute atomic E-state index is 12.6. The number of carbonyl (C=O) groups is 1. The Morgan fingerprint density at radius 1 is 1.45 bits per heavy atom. The number of thioether (sulfide) groups is 1. The molecule has 0 bridgehead atoms. The molecule has 0 saturated heterocycles. The Morgan fingerprint density at radius 2 is 2.23 bits per heavy atom. The average molecular weight is 383 g/mol. The number of benzene rings is 1. The molecule has 2 rings (SSSR count). The van der Waals surface area contributed by atoms with Crippen LogP contribution < -0.4 is 5.32 Å². The fourth-order valence-electron chi connectivity index (χ4n) is 2.34. The van der Waals surface area contributed by atoms with Crippen molar-refractivity contribution in [3.63, 3.8) is 0 Å². The summed E-state index contributed by atoms with van der Waals surface area (Å²) in [5.74, 6) is 0.658. The van der Waals surface area contributed by atoms with Crippen molar-refractivity contribution in [2.45, 2.75) is 19.4 Å². The fraction of sp³-hybridized carbons (Fsp3) is 0.375. The molecule has 2 aromatic rings. The van der Waals surface area contributed by atoms with Gasteiger partial charge in [-0.2, -0.15) is 11.8 Å². The van der Waals surface area contributed by atoms with Gasteiger partial charge in [0.1, 0.15) is 0 Å². The summed E-state index contributed by atoms with van der Waals surface area (Å²) in [4.78, 5) is 17.1. The first-order valence-corrected chi connectivity index (χ1v) is 9.21. The third kappa shape index (κ3) is 4.21. The van der Waals surface area contributed by atoms with Crippen LogP contribution >= 0.6 is 27.7 Å². The van der Waals surface area contributed by atoms with Crippen LogP contribution in [-0.4, -0.2) is 40.7 Å². The standard InChI is InChI=1S/C16H19BrN2O2S/c1-10-7-14(13-4-3-11(17)8-15(13)18-10)16(21)19-12(5-6-20)9-22-2/h3-4,7-8,12,20H,5-6,9H2,1-2H3,(H,19,21)/t12-/m0/s1. The summed E-state index contributed by atoms with van der Waals surface area (Å²) in [6.45, 7) is 1.94. The van der Waals surface area contributed by atoms with Gasteiger partial charge >= 0.3 is 0 Å². The average Bonchev–Trinajstić information content (AvgIpc) is 2.46. The van der Waals surface area contributed by atoms with E-state index in [1.165, 1.54) is 0 Å². The predicted octanol–water partition coefficient (Wildman–Crippen LogP) is 3.15. The summed E-state index contributed by atoms with van der Waals surface area (Å²) >= 11 is 5.08. The van der Waals surface area contributed by atoms with E-state index >= 15 is 0 Å². The second-order valence-corrected chi connectivity index (χ2v) is 6.94. The summed E-state index contributed by atoms with van der Waals surface area (Å²) in [6.07, 6.45) is 2.54. The number of hydrogen-bond donors (Lipinski definition) is 2. The Balaban J connectivity index is 2.34. The molecule has 0 aliphatic heterocycles. The van der Waals surface area contributed by atoms with Crippen molar-refractivity contribution in [2.75, 3.05) is 18.6 Å². The molecular weight excluding hydrogens is 364 g/mol. The maximum Gasteiger partial charge on any atom is 0.252 e. The summed E-state index contributed by atoms with van der Waals surface area (Å²) in [5.41, 5.74) is 2.22. The van der Waals surface area contributed by atoms with Crippen molar-refractivity contribution in [2.24, 2.45) is 0 Å². The highest BCUT2D eigenvalue weighted by Gasteiger charge is 2.16. The number of amides is 1. The van der Waals surface area contributed by atoms with Crippen LogP contribution in [0.3, 0.4) is 0 Å². The number of carbonyl (C=O) groups excluding carboxylic acids is 1. The molecular formula is C16H19BrN2O2S. The first kappa shape index (κ1) is 17.2. The van der Waals surface area contributed by atoms with Gasteiger partial charge in [0.25, 0.3) is 5.91 Å². The Morgan fingerprint density at radius 3 is 2.91 bits per heavy atom. The number of fused-ring (bicyclic) bond motifs is 1. The number of aryl methyl sites for hydroxylation is 1. The van der Waals surface area contributed by atoms with E-state index in [9.17, 15) is 4.79 Å². The van der Waals surface area contributed by atoms with Crippen molar-refractivity contribution in [3.8, 4) is 0 Å². The van der Waals surface area contributed by atoms with Crippen LogP contribution in [0.2, 0.25) is 0 Å². The Bertz CT molecular complexity index is 667. The van der Waals surface area contributed by atoms with E-state index in [1.54, 1.807) is 17.8 Å². The second-order valence-electron chi connectivity index (χ2n) is 5.11. The molecule has 1 aromatic carbocycles. The van der Waals surface area contributed by atoms with E-state index in [1.807, 2.05) is 31.4 Å². The van der Waals surface area contributed by atoms with E-state index in [0.29, 0.717) is 12.0 Å². The van der Waals surface area contributed by atoms with E-state index in [0.717, 1.165) is 26.8 Å². The zero-order valence-electron chi connectivity index (χ0n) is 12.6. The lowest BCUT2D eigenvalue weighted by atomic mass is 10.1. The van der Waals surface area contributed by atoms with Gasteiger partial charge in [-0.1, -0.05) is 22.0 Å². The molecule has 0 saturated carbocycles. The molecule has 0 radical (unpaired) electrons. The van der Waals surface area contributed by atoms with Crippen LogP contribution in [0.5, 0.6) is 0 Å². The van der Waals surface area contributed by atoms with Crippen LogP contribution in [0, 0.1) is 6.92 Å². The lowest BCUT2D eigenvalue weighted by Crippen LogP contribution is -2.37. The molecule has 0 unspecified atom stereocenters. The number of hydrogen-bond acceptors (Lipinski definition) is 4. The van der Waals surface area contributed by atoms with E-state index in [4.69, 9.17) is 5.11 Å². The molecule has 4 nitrogen and oxygen atoms in total. The molecule has 1 amide bonds. The first-order valence-electron chi connectivity index (χ1n) is 7.02. The zero-order chi connectivity index (χ0) is 16.1. The third-order valence-electron chi connectivity index (χ3n) is 3.33. The van der Waals surface area contributed by atoms with Gasteiger partial charge in [0.2, 0.25) is 0 Å². The molecule has 0 fully saturated rings. The smallest absolute Gasteiger partial charge is 0.252 e. The van der Waals surface area contributed by atoms with Crippen LogP contribution in [-0.2, 0) is 0 Å². The zero-order valence-corrected chi connectivity index (χ0v) is 15.0. The lowest BCUT2D eigenvalue weighted by molar-refractivity contribution is 0.0937. The predicted molar refractivity (Wildman–Crippen MR) is 95.5 cm³/mol. The normalized spacial score (nSPS) is 12.4. The Labute approximate surface area is 142 Å². The number of halogens is 1. The van der Waals surface area contributed by atoms with Crippen molar-refractivity contribution >= 4 is 44.5 Å². The molecule has 0 aliphatic carbocycles. The minimum absolute atomic E-state index is 0.0357. The Hall–Kier alpha value is -1.11. The molecule has 1 aromatic heterocycles. The molecule has 118 valence electrons. The highest BCUT2D eigenvalue weighted by atomic mass is 79.9. The van der Waals surface area contributed by atoms with Gasteiger partial charge in [-0.3, -0.25) is 9.78 Å². The summed E-state index contributed by atoms with van der Waals surface area (Å²) in [7, 11) is 0. The number of aliphatic hydroxyl groups excluding tert-OH is 1. The lowest BCUT2D eigenvalue weighted by Gasteiger charge is -2.17. The number of aliphatic hydroxyl groups is 1. The molecule has 6 heteroatoms. The van der Waals surface area contributed by atoms with Crippen molar-refractivity contribution in [1.82, 2.24) is 10.3 Å². The minimum Gasteiger partial charge on any atom is -0.396 e. The van der Waals surface area contributed by atoms with Crippen LogP contribution in [0.25, 0.3) is 10.9 Å². The highest BCUT2D eigenvalue weighted by Crippen LogP contribution is 2.22. The monoisotopic (exact) mass is 382 g/mol. The largest absolute Gasteiger partial charge is 0.396 e. The number of rotatable bonds is 6. The number of nitrogens with one attached hydrogen (secondary N) is 1. The summed E-state index contributed by atoms with van der Waals surface area (Å²) in [6, 6.07) is 7.48. The number of nitrogens with zero attached hydrogens (tertiary/aromatic N) is 1. The highest BCUT2D eigenvalue weighted by molar-refractivity contribution is 9.10. The fourth-order valence-corrected chi connectivity index (χ4v) is 3.34. The van der Waals surface area contributed by atoms with Crippen molar-refractivity contribution in [3.05, 3.63) is 40.0 Å². The quantitative estimate of drug-likeness (QED) is 0.805. The molecule has 0 spiro atoms. The van der Waals surface area contributed by atoms with Crippen molar-refractivity contribution in [1.29, 1.82) is 0 Å². The van der Waals surface area contributed by atoms with Gasteiger partial charge in [0, 0.05) is 34.0 Å². The molecule has 0 aliphatic rings. The van der Waals surface area contributed by atoms with Gasteiger partial charge < -0.3 is 10.4 Å². The van der Waals surface area contributed by atoms with E-state index < -0.39 is 0 Å². The van der Waals surface area contributed by atoms with Gasteiger partial charge in [-0.05, 0) is 37.8 Å². The van der Waals surface area contributed by atoms with Crippen LogP contribution in [0.1, 0.15) is 22.5 Å². The van der Waals surface area contributed by atoms with Gasteiger partial charge in [-0.25, -0.2) is 0 Å². The summed E-state index contributed by atoms with van der Waals surface area (Å²) in [5, 5.41) is 13.0. The van der Waals surface area contributed by atoms with Gasteiger partial charge in [0.05, 0.1) is 11.1 Å². The van der Waals surface area contributed by atoms with Crippen molar-refractivity contribution < 1.29 is 9.90 Å². The van der Waals surface area contributed by atoms with Crippen LogP contribution in [0.15, 0.2) is 28.7 Å². The van der Waals surface area contributed by atoms with E-state index in [2.05, 4.69) is 26.2 Å². The van der Waals surface area contributed by atoms with Crippen LogP contribution in [0.4, 0.5) is 0 Å². The number of pyridine rings is 1. The molecule has 2 N–H and O–H groups in total. The SMILES string of the molecule is CSC[C@H](CCO)NC(=O)c1cc(C)nc2cc(Br)ccc12. The van der Waals surface area contributed by atoms with Gasteiger partial charge in [0.15, 0.2) is 0 Å². The summed E-state index contributed by atoms with van der Waals surface area (Å²) < 4.78 is 0.935. The third-order valence-corrected chi connectivity index (χ3v) is 4.55. The minimum atomic E-state index is -0.120. The van der Waals surface area contributed by atoms with E-state index in [-0.39, 0.29) is 18.6 Å². The maximum atomic E-state index is 12.6. The molecule has 1 heterocycles. The topological polar surface area (TPSA) is 62.2 Å². The number of aromatic nitrogens is 1.